The van der Waals surface area contributed by atoms with E-state index in [-0.39, 0.29) is 18.7 Å². The normalized spacial score (nSPS) is 12.0. The number of aryl methyl sites for hydroxylation is 6. The van der Waals surface area contributed by atoms with Gasteiger partial charge in [0.15, 0.2) is 0 Å². The summed E-state index contributed by atoms with van der Waals surface area (Å²) in [6, 6.07) is 10.4. The van der Waals surface area contributed by atoms with E-state index in [0.29, 0.717) is 0 Å². The molecule has 0 spiro atoms. The molecule has 0 amide bonds. The van der Waals surface area contributed by atoms with Gasteiger partial charge >= 0.3 is 12.9 Å². The summed E-state index contributed by atoms with van der Waals surface area (Å²) in [5, 5.41) is 4.93. The lowest BCUT2D eigenvalue weighted by atomic mass is 9.46. The fourth-order valence-corrected chi connectivity index (χ4v) is 7.28. The monoisotopic (exact) mass is 557 g/mol. The molecule has 3 aromatic rings. The highest BCUT2D eigenvalue weighted by atomic mass is 35.8. The first kappa shape index (κ1) is 29.2. The van der Waals surface area contributed by atoms with Gasteiger partial charge in [-0.25, -0.2) is 0 Å². The minimum atomic E-state index is -3.04. The Morgan fingerprint density at radius 1 is 0.611 bits per heavy atom. The second-order valence-electron chi connectivity index (χ2n) is 11.0. The van der Waals surface area contributed by atoms with Gasteiger partial charge < -0.3 is 5.23 Å². The van der Waals surface area contributed by atoms with Crippen molar-refractivity contribution in [3.8, 4) is 0 Å². The van der Waals surface area contributed by atoms with Crippen LogP contribution in [-0.4, -0.2) is 12.9 Å². The van der Waals surface area contributed by atoms with E-state index in [4.69, 9.17) is 33.2 Å². The van der Waals surface area contributed by atoms with Crippen LogP contribution in [0.2, 0.25) is 0 Å². The first-order valence-electron chi connectivity index (χ1n) is 12.8. The van der Waals surface area contributed by atoms with E-state index < -0.39 is 6.00 Å². The standard InChI is InChI=1S/C30H39BCl3NSi/c1-17(2)26-15-25(36(32,33)34)16-27(18(3)4)30(26)35-31(28-21(7)11-19(5)12-22(28)8)29-23(9)13-20(6)14-24(29)10/h11-18,35H,1-10H3. The molecule has 1 nitrogen and oxygen atoms in total. The number of benzene rings is 3. The van der Waals surface area contributed by atoms with Gasteiger partial charge in [-0.3, -0.25) is 0 Å². The van der Waals surface area contributed by atoms with Crippen LogP contribution in [0.15, 0.2) is 36.4 Å². The first-order valence-corrected chi connectivity index (χ1v) is 17.8. The van der Waals surface area contributed by atoms with E-state index in [2.05, 4.69) is 111 Å². The number of hydrogen-bond acceptors (Lipinski definition) is 1. The van der Waals surface area contributed by atoms with Gasteiger partial charge in [0, 0.05) is 5.69 Å². The van der Waals surface area contributed by atoms with Crippen LogP contribution in [0.4, 0.5) is 5.69 Å². The second-order valence-corrected chi connectivity index (χ2v) is 19.5. The van der Waals surface area contributed by atoms with Gasteiger partial charge in [0.05, 0.1) is 0 Å². The molecule has 0 aromatic heterocycles. The molecule has 6 heteroatoms. The molecule has 0 atom stereocenters. The predicted octanol–water partition coefficient (Wildman–Crippen LogP) is 7.86. The quantitative estimate of drug-likeness (QED) is 0.230. The lowest BCUT2D eigenvalue weighted by Gasteiger charge is -2.30. The van der Waals surface area contributed by atoms with Crippen LogP contribution < -0.4 is 21.3 Å². The Kier molecular flexibility index (Phi) is 9.04. The maximum Gasteiger partial charge on any atom is 0.372 e. The summed E-state index contributed by atoms with van der Waals surface area (Å²) in [5.41, 5.74) is 14.0. The zero-order chi connectivity index (χ0) is 27.1. The van der Waals surface area contributed by atoms with Crippen molar-refractivity contribution in [3.05, 3.63) is 80.9 Å². The van der Waals surface area contributed by atoms with E-state index in [9.17, 15) is 0 Å². The zero-order valence-corrected chi connectivity index (χ0v) is 26.6. The fourth-order valence-electron chi connectivity index (χ4n) is 5.65. The van der Waals surface area contributed by atoms with Gasteiger partial charge in [-0.05, 0) is 80.6 Å². The van der Waals surface area contributed by atoms with Crippen molar-refractivity contribution in [1.82, 2.24) is 0 Å². The molecule has 0 aliphatic rings. The van der Waals surface area contributed by atoms with Crippen LogP contribution in [0.25, 0.3) is 0 Å². The van der Waals surface area contributed by atoms with E-state index >= 15 is 0 Å². The number of hydrogen-bond donors (Lipinski definition) is 1. The first-order chi connectivity index (χ1) is 16.6. The molecule has 0 unspecified atom stereocenters. The third-order valence-corrected chi connectivity index (χ3v) is 10.0. The molecular weight excluding hydrogens is 520 g/mol. The molecule has 0 heterocycles. The largest absolute Gasteiger partial charge is 0.420 e. The van der Waals surface area contributed by atoms with Crippen LogP contribution >= 0.6 is 33.2 Å². The third kappa shape index (κ3) is 6.18. The summed E-state index contributed by atoms with van der Waals surface area (Å²) in [6.07, 6.45) is 0. The zero-order valence-electron chi connectivity index (χ0n) is 23.3. The Labute approximate surface area is 234 Å². The van der Waals surface area contributed by atoms with Crippen molar-refractivity contribution in [3.63, 3.8) is 0 Å². The fraction of sp³-hybridized carbons (Fsp3) is 0.400. The molecule has 0 bridgehead atoms. The molecule has 0 fully saturated rings. The lowest BCUT2D eigenvalue weighted by molar-refractivity contribution is 0.841. The summed E-state index contributed by atoms with van der Waals surface area (Å²) in [4.78, 5) is 0. The number of halogens is 3. The summed E-state index contributed by atoms with van der Waals surface area (Å²) in [5.74, 6) is 0.541. The van der Waals surface area contributed by atoms with Gasteiger partial charge in [0.2, 0.25) is 0 Å². The maximum absolute atomic E-state index is 6.52. The van der Waals surface area contributed by atoms with Crippen LogP contribution in [0.3, 0.4) is 0 Å². The molecule has 36 heavy (non-hydrogen) atoms. The highest BCUT2D eigenvalue weighted by Gasteiger charge is 2.33. The van der Waals surface area contributed by atoms with Crippen molar-refractivity contribution >= 4 is 67.9 Å². The van der Waals surface area contributed by atoms with Crippen molar-refractivity contribution in [2.24, 2.45) is 0 Å². The molecule has 0 radical (unpaired) electrons. The summed E-state index contributed by atoms with van der Waals surface area (Å²) >= 11 is 19.6. The van der Waals surface area contributed by atoms with E-state index in [1.807, 2.05) is 0 Å². The van der Waals surface area contributed by atoms with Crippen LogP contribution in [-0.2, 0) is 0 Å². The molecule has 0 aliphatic carbocycles. The summed E-state index contributed by atoms with van der Waals surface area (Å²) in [7, 11) is 0. The molecule has 0 aliphatic heterocycles. The Morgan fingerprint density at radius 2 is 0.944 bits per heavy atom. The van der Waals surface area contributed by atoms with Crippen molar-refractivity contribution < 1.29 is 0 Å². The smallest absolute Gasteiger partial charge is 0.372 e. The van der Waals surface area contributed by atoms with Gasteiger partial charge in [0.1, 0.15) is 0 Å². The Bertz CT molecular complexity index is 1150. The molecule has 3 aromatic carbocycles. The Balaban J connectivity index is 2.38. The molecular formula is C30H39BCl3NSi. The van der Waals surface area contributed by atoms with E-state index in [1.54, 1.807) is 0 Å². The number of rotatable bonds is 7. The molecule has 0 saturated carbocycles. The summed E-state index contributed by atoms with van der Waals surface area (Å²) in [6.45, 7) is 22.1. The predicted molar refractivity (Wildman–Crippen MR) is 168 cm³/mol. The SMILES string of the molecule is Cc1cc(C)c(B(Nc2c(C(C)C)cc([Si](Cl)(Cl)Cl)cc2C(C)C)c2c(C)cc(C)cc2C)c(C)c1. The van der Waals surface area contributed by atoms with Crippen molar-refractivity contribution in [1.29, 1.82) is 0 Å². The van der Waals surface area contributed by atoms with Crippen molar-refractivity contribution in [2.75, 3.05) is 5.23 Å². The molecule has 3 rings (SSSR count). The maximum atomic E-state index is 6.52. The highest BCUT2D eigenvalue weighted by molar-refractivity contribution is 7.69. The second kappa shape index (κ2) is 11.2. The minimum Gasteiger partial charge on any atom is -0.420 e. The number of anilines is 1. The van der Waals surface area contributed by atoms with Crippen LogP contribution in [0.1, 0.15) is 84.0 Å². The highest BCUT2D eigenvalue weighted by Crippen LogP contribution is 2.34. The summed E-state index contributed by atoms with van der Waals surface area (Å²) < 4.78 is 0. The van der Waals surface area contributed by atoms with E-state index in [0.717, 1.165) is 10.9 Å². The van der Waals surface area contributed by atoms with Crippen LogP contribution in [0, 0.1) is 41.5 Å². The third-order valence-electron chi connectivity index (χ3n) is 7.11. The average molecular weight is 559 g/mol. The topological polar surface area (TPSA) is 12.0 Å². The van der Waals surface area contributed by atoms with Gasteiger partial charge in [0.25, 0.3) is 0 Å². The van der Waals surface area contributed by atoms with Gasteiger partial charge in [-0.1, -0.05) is 97.5 Å². The average Bonchev–Trinajstić information content (AvgIpc) is 2.70. The Morgan fingerprint density at radius 3 is 1.22 bits per heavy atom. The van der Waals surface area contributed by atoms with Gasteiger partial charge in [-0.15, -0.1) is 33.2 Å². The number of nitrogens with one attached hydrogen (secondary N) is 1. The van der Waals surface area contributed by atoms with Crippen LogP contribution in [0.5, 0.6) is 0 Å². The Hall–Kier alpha value is -1.39. The molecule has 192 valence electrons. The van der Waals surface area contributed by atoms with Gasteiger partial charge in [-0.2, -0.15) is 0 Å². The molecule has 0 saturated heterocycles. The molecule has 1 N–H and O–H groups in total. The minimum absolute atomic E-state index is 0.00273. The van der Waals surface area contributed by atoms with E-state index in [1.165, 1.54) is 55.4 Å². The van der Waals surface area contributed by atoms with Crippen molar-refractivity contribution in [2.45, 2.75) is 81.1 Å². The lowest BCUT2D eigenvalue weighted by Crippen LogP contribution is -2.54.